The van der Waals surface area contributed by atoms with Crippen LogP contribution in [0.4, 0.5) is 4.79 Å². The van der Waals surface area contributed by atoms with Crippen molar-refractivity contribution in [1.29, 1.82) is 0 Å². The number of rotatable bonds is 9. The molecule has 4 N–H and O–H groups in total. The SMILES string of the molecule is CCNCC(CC)(CNCC)CNC(=O)NC. The van der Waals surface area contributed by atoms with Crippen LogP contribution in [0.3, 0.4) is 0 Å². The van der Waals surface area contributed by atoms with Crippen molar-refractivity contribution in [2.24, 2.45) is 5.41 Å². The van der Waals surface area contributed by atoms with Gasteiger partial charge < -0.3 is 21.3 Å². The molecule has 5 nitrogen and oxygen atoms in total. The van der Waals surface area contributed by atoms with E-state index in [0.717, 1.165) is 32.6 Å². The van der Waals surface area contributed by atoms with Crippen LogP contribution in [0, 0.1) is 5.41 Å². The smallest absolute Gasteiger partial charge is 0.314 e. The molecule has 0 unspecified atom stereocenters. The summed E-state index contributed by atoms with van der Waals surface area (Å²) in [5, 5.41) is 12.3. The second kappa shape index (κ2) is 9.24. The number of hydrogen-bond donors (Lipinski definition) is 4. The van der Waals surface area contributed by atoms with Crippen molar-refractivity contribution in [3.63, 3.8) is 0 Å². The third-order valence-corrected chi connectivity index (χ3v) is 3.10. The van der Waals surface area contributed by atoms with Gasteiger partial charge in [0, 0.05) is 32.1 Å². The molecule has 102 valence electrons. The van der Waals surface area contributed by atoms with Gasteiger partial charge in [-0.2, -0.15) is 0 Å². The van der Waals surface area contributed by atoms with Gasteiger partial charge in [-0.3, -0.25) is 0 Å². The summed E-state index contributed by atoms with van der Waals surface area (Å²) in [5.41, 5.74) is 0.0819. The third-order valence-electron chi connectivity index (χ3n) is 3.10. The van der Waals surface area contributed by atoms with Crippen LogP contribution >= 0.6 is 0 Å². The number of amides is 2. The summed E-state index contributed by atoms with van der Waals surface area (Å²) < 4.78 is 0. The minimum Gasteiger partial charge on any atom is -0.341 e. The summed E-state index contributed by atoms with van der Waals surface area (Å²) in [6.07, 6.45) is 1.02. The van der Waals surface area contributed by atoms with Gasteiger partial charge in [0.2, 0.25) is 0 Å². The molecule has 0 aliphatic rings. The molecule has 0 saturated heterocycles. The van der Waals surface area contributed by atoms with Crippen LogP contribution in [0.25, 0.3) is 0 Å². The minimum atomic E-state index is -0.115. The third kappa shape index (κ3) is 6.48. The average Bonchev–Trinajstić information content (AvgIpc) is 2.38. The van der Waals surface area contributed by atoms with E-state index >= 15 is 0 Å². The van der Waals surface area contributed by atoms with E-state index in [1.165, 1.54) is 0 Å². The number of carbonyl (C=O) groups is 1. The highest BCUT2D eigenvalue weighted by molar-refractivity contribution is 5.73. The van der Waals surface area contributed by atoms with Crippen LogP contribution < -0.4 is 21.3 Å². The molecule has 0 radical (unpaired) electrons. The second-order valence-corrected chi connectivity index (χ2v) is 4.35. The summed E-state index contributed by atoms with van der Waals surface area (Å²) in [6.45, 7) is 10.8. The molecule has 0 saturated carbocycles. The van der Waals surface area contributed by atoms with Crippen LogP contribution in [0.2, 0.25) is 0 Å². The Kier molecular flexibility index (Phi) is 8.80. The van der Waals surface area contributed by atoms with Crippen molar-refractivity contribution in [2.75, 3.05) is 39.8 Å². The lowest BCUT2D eigenvalue weighted by Gasteiger charge is -2.33. The first kappa shape index (κ1) is 16.2. The number of urea groups is 1. The first-order chi connectivity index (χ1) is 8.14. The van der Waals surface area contributed by atoms with Crippen molar-refractivity contribution < 1.29 is 4.79 Å². The largest absolute Gasteiger partial charge is 0.341 e. The monoisotopic (exact) mass is 244 g/mol. The van der Waals surface area contributed by atoms with E-state index in [2.05, 4.69) is 42.0 Å². The Balaban J connectivity index is 4.36. The van der Waals surface area contributed by atoms with Crippen LogP contribution in [0.15, 0.2) is 0 Å². The van der Waals surface area contributed by atoms with E-state index in [0.29, 0.717) is 6.54 Å². The van der Waals surface area contributed by atoms with Gasteiger partial charge in [0.25, 0.3) is 0 Å². The van der Waals surface area contributed by atoms with Gasteiger partial charge in [0.15, 0.2) is 0 Å². The molecule has 0 rings (SSSR count). The first-order valence-corrected chi connectivity index (χ1v) is 6.51. The predicted molar refractivity (Wildman–Crippen MR) is 72.3 cm³/mol. The van der Waals surface area contributed by atoms with Gasteiger partial charge in [-0.1, -0.05) is 20.8 Å². The molecule has 0 aromatic carbocycles. The zero-order valence-corrected chi connectivity index (χ0v) is 11.7. The van der Waals surface area contributed by atoms with E-state index in [1.807, 2.05) is 0 Å². The molecule has 0 spiro atoms. The minimum absolute atomic E-state index is 0.0819. The predicted octanol–water partition coefficient (Wildman–Crippen LogP) is 0.531. The van der Waals surface area contributed by atoms with Gasteiger partial charge in [-0.05, 0) is 19.5 Å². The first-order valence-electron chi connectivity index (χ1n) is 6.51. The van der Waals surface area contributed by atoms with Gasteiger partial charge >= 0.3 is 6.03 Å². The standard InChI is InChI=1S/C12H28N4O/c1-5-12(8-14-6-2,9-15-7-3)10-16-11(17)13-4/h14-15H,5-10H2,1-4H3,(H2,13,16,17). The molecule has 0 heterocycles. The summed E-state index contributed by atoms with van der Waals surface area (Å²) in [7, 11) is 1.64. The van der Waals surface area contributed by atoms with Crippen molar-refractivity contribution in [2.45, 2.75) is 27.2 Å². The van der Waals surface area contributed by atoms with E-state index in [-0.39, 0.29) is 11.4 Å². The van der Waals surface area contributed by atoms with Crippen molar-refractivity contribution in [3.05, 3.63) is 0 Å². The highest BCUT2D eigenvalue weighted by Gasteiger charge is 2.27. The Morgan fingerprint density at radius 1 is 1.00 bits per heavy atom. The Bertz CT molecular complexity index is 201. The highest BCUT2D eigenvalue weighted by atomic mass is 16.2. The van der Waals surface area contributed by atoms with Crippen LogP contribution in [0.5, 0.6) is 0 Å². The maximum Gasteiger partial charge on any atom is 0.314 e. The molecule has 0 atom stereocenters. The topological polar surface area (TPSA) is 65.2 Å². The van der Waals surface area contributed by atoms with Crippen molar-refractivity contribution in [3.8, 4) is 0 Å². The maximum absolute atomic E-state index is 11.3. The molecule has 0 aliphatic heterocycles. The Morgan fingerprint density at radius 3 is 1.88 bits per heavy atom. The molecule has 0 aromatic rings. The highest BCUT2D eigenvalue weighted by Crippen LogP contribution is 2.19. The molecule has 2 amide bonds. The zero-order chi connectivity index (χ0) is 13.1. The zero-order valence-electron chi connectivity index (χ0n) is 11.7. The van der Waals surface area contributed by atoms with Gasteiger partial charge in [-0.25, -0.2) is 4.79 Å². The van der Waals surface area contributed by atoms with Gasteiger partial charge in [0.1, 0.15) is 0 Å². The second-order valence-electron chi connectivity index (χ2n) is 4.35. The Labute approximate surface area is 105 Å². The van der Waals surface area contributed by atoms with Gasteiger partial charge in [0.05, 0.1) is 0 Å². The lowest BCUT2D eigenvalue weighted by molar-refractivity contribution is 0.218. The lowest BCUT2D eigenvalue weighted by Crippen LogP contribution is -2.50. The number of carbonyl (C=O) groups excluding carboxylic acids is 1. The van der Waals surface area contributed by atoms with Crippen molar-refractivity contribution >= 4 is 6.03 Å². The summed E-state index contributed by atoms with van der Waals surface area (Å²) in [4.78, 5) is 11.3. The number of nitrogens with one attached hydrogen (secondary N) is 4. The van der Waals surface area contributed by atoms with E-state index in [4.69, 9.17) is 0 Å². The fraction of sp³-hybridized carbons (Fsp3) is 0.917. The Hall–Kier alpha value is -0.810. The molecular weight excluding hydrogens is 216 g/mol. The maximum atomic E-state index is 11.3. The van der Waals surface area contributed by atoms with E-state index in [1.54, 1.807) is 7.05 Å². The van der Waals surface area contributed by atoms with Crippen LogP contribution in [-0.2, 0) is 0 Å². The molecule has 17 heavy (non-hydrogen) atoms. The molecule has 0 aliphatic carbocycles. The normalized spacial score (nSPS) is 11.3. The average molecular weight is 244 g/mol. The molecular formula is C12H28N4O. The van der Waals surface area contributed by atoms with Gasteiger partial charge in [-0.15, -0.1) is 0 Å². The molecule has 0 bridgehead atoms. The molecule has 5 heteroatoms. The Morgan fingerprint density at radius 2 is 1.53 bits per heavy atom. The van der Waals surface area contributed by atoms with Crippen LogP contribution in [-0.4, -0.2) is 45.8 Å². The van der Waals surface area contributed by atoms with Crippen molar-refractivity contribution in [1.82, 2.24) is 21.3 Å². The molecule has 0 aromatic heterocycles. The number of hydrogen-bond acceptors (Lipinski definition) is 3. The summed E-state index contributed by atoms with van der Waals surface area (Å²) >= 11 is 0. The fourth-order valence-corrected chi connectivity index (χ4v) is 1.70. The lowest BCUT2D eigenvalue weighted by atomic mass is 9.84. The molecule has 0 fully saturated rings. The quantitative estimate of drug-likeness (QED) is 0.478. The summed E-state index contributed by atoms with van der Waals surface area (Å²) in [5.74, 6) is 0. The van der Waals surface area contributed by atoms with E-state index < -0.39 is 0 Å². The fourth-order valence-electron chi connectivity index (χ4n) is 1.70. The van der Waals surface area contributed by atoms with E-state index in [9.17, 15) is 4.79 Å². The van der Waals surface area contributed by atoms with Crippen LogP contribution in [0.1, 0.15) is 27.2 Å². The summed E-state index contributed by atoms with van der Waals surface area (Å²) in [6, 6.07) is -0.115.